The summed E-state index contributed by atoms with van der Waals surface area (Å²) >= 11 is 0. The van der Waals surface area contributed by atoms with Gasteiger partial charge in [0.1, 0.15) is 0 Å². The molecule has 0 unspecified atom stereocenters. The van der Waals surface area contributed by atoms with Gasteiger partial charge in [0, 0.05) is 31.9 Å². The number of nitrogens with zero attached hydrogens (tertiary/aromatic N) is 2. The molecule has 0 aliphatic carbocycles. The lowest BCUT2D eigenvalue weighted by Gasteiger charge is -2.36. The molecule has 144 valence electrons. The van der Waals surface area contributed by atoms with E-state index in [9.17, 15) is 13.2 Å². The molecule has 1 aliphatic rings. The van der Waals surface area contributed by atoms with Crippen molar-refractivity contribution in [3.05, 3.63) is 60.2 Å². The molecule has 0 bridgehead atoms. The van der Waals surface area contributed by atoms with E-state index in [1.165, 1.54) is 4.31 Å². The van der Waals surface area contributed by atoms with Gasteiger partial charge in [0.25, 0.3) is 0 Å². The third kappa shape index (κ3) is 4.55. The zero-order valence-corrected chi connectivity index (χ0v) is 16.4. The standard InChI is InChI=1S/C20H25N3O3S/c1-16-8-10-19(11-9-16)27(25,26)23-14-12-22(13-15-23)17(2)20(24)21-18-6-4-3-5-7-18/h3-11,17H,12-15H2,1-2H3,(H,21,24)/t17-/m1/s1. The van der Waals surface area contributed by atoms with Crippen LogP contribution in [0.4, 0.5) is 5.69 Å². The number of sulfonamides is 1. The summed E-state index contributed by atoms with van der Waals surface area (Å²) in [6.45, 7) is 5.57. The van der Waals surface area contributed by atoms with Crippen molar-refractivity contribution in [3.63, 3.8) is 0 Å². The third-order valence-electron chi connectivity index (χ3n) is 4.90. The van der Waals surface area contributed by atoms with Crippen LogP contribution < -0.4 is 5.32 Å². The van der Waals surface area contributed by atoms with E-state index >= 15 is 0 Å². The predicted molar refractivity (Wildman–Crippen MR) is 106 cm³/mol. The fourth-order valence-electron chi connectivity index (χ4n) is 3.12. The van der Waals surface area contributed by atoms with Crippen molar-refractivity contribution < 1.29 is 13.2 Å². The molecule has 1 amide bonds. The molecule has 1 atom stereocenters. The van der Waals surface area contributed by atoms with Crippen molar-refractivity contribution >= 4 is 21.6 Å². The van der Waals surface area contributed by atoms with E-state index in [0.29, 0.717) is 31.1 Å². The van der Waals surface area contributed by atoms with Gasteiger partial charge in [-0.3, -0.25) is 9.69 Å². The summed E-state index contributed by atoms with van der Waals surface area (Å²) in [5.74, 6) is -0.0870. The van der Waals surface area contributed by atoms with Gasteiger partial charge in [-0.1, -0.05) is 35.9 Å². The maximum atomic E-state index is 12.8. The van der Waals surface area contributed by atoms with Crippen LogP contribution in [0.2, 0.25) is 0 Å². The summed E-state index contributed by atoms with van der Waals surface area (Å²) in [6.07, 6.45) is 0. The fourth-order valence-corrected chi connectivity index (χ4v) is 4.55. The fraction of sp³-hybridized carbons (Fsp3) is 0.350. The summed E-state index contributed by atoms with van der Waals surface area (Å²) in [5, 5.41) is 2.90. The first-order chi connectivity index (χ1) is 12.9. The number of carbonyl (C=O) groups excluding carboxylic acids is 1. The molecule has 0 spiro atoms. The maximum absolute atomic E-state index is 12.8. The van der Waals surface area contributed by atoms with Gasteiger partial charge >= 0.3 is 0 Å². The Morgan fingerprint density at radius 2 is 1.56 bits per heavy atom. The number of nitrogens with one attached hydrogen (secondary N) is 1. The van der Waals surface area contributed by atoms with E-state index in [0.717, 1.165) is 11.3 Å². The first kappa shape index (κ1) is 19.5. The van der Waals surface area contributed by atoms with Crippen LogP contribution in [-0.2, 0) is 14.8 Å². The number of hydrogen-bond acceptors (Lipinski definition) is 4. The van der Waals surface area contributed by atoms with Crippen LogP contribution in [0.5, 0.6) is 0 Å². The first-order valence-electron chi connectivity index (χ1n) is 9.05. The molecule has 0 radical (unpaired) electrons. The smallest absolute Gasteiger partial charge is 0.243 e. The van der Waals surface area contributed by atoms with Crippen LogP contribution in [0.3, 0.4) is 0 Å². The van der Waals surface area contributed by atoms with Gasteiger partial charge in [-0.2, -0.15) is 4.31 Å². The van der Waals surface area contributed by atoms with Gasteiger partial charge in [0.15, 0.2) is 0 Å². The van der Waals surface area contributed by atoms with Crippen molar-refractivity contribution in [2.75, 3.05) is 31.5 Å². The minimum Gasteiger partial charge on any atom is -0.325 e. The molecular formula is C20H25N3O3S. The van der Waals surface area contributed by atoms with Crippen molar-refractivity contribution in [1.29, 1.82) is 0 Å². The van der Waals surface area contributed by atoms with Gasteiger partial charge in [-0.15, -0.1) is 0 Å². The summed E-state index contributed by atoms with van der Waals surface area (Å²) in [6, 6.07) is 15.9. The Morgan fingerprint density at radius 3 is 2.15 bits per heavy atom. The highest BCUT2D eigenvalue weighted by Gasteiger charge is 2.31. The van der Waals surface area contributed by atoms with Gasteiger partial charge in [0.05, 0.1) is 10.9 Å². The number of anilines is 1. The second kappa shape index (κ2) is 8.21. The van der Waals surface area contributed by atoms with E-state index in [1.807, 2.05) is 49.1 Å². The molecule has 2 aromatic rings. The summed E-state index contributed by atoms with van der Waals surface area (Å²) in [7, 11) is -3.49. The topological polar surface area (TPSA) is 69.7 Å². The van der Waals surface area contributed by atoms with E-state index in [2.05, 4.69) is 5.32 Å². The van der Waals surface area contributed by atoms with E-state index < -0.39 is 10.0 Å². The number of amides is 1. The molecule has 1 N–H and O–H groups in total. The average molecular weight is 388 g/mol. The zero-order valence-electron chi connectivity index (χ0n) is 15.6. The number of hydrogen-bond donors (Lipinski definition) is 1. The largest absolute Gasteiger partial charge is 0.325 e. The number of rotatable bonds is 5. The van der Waals surface area contributed by atoms with Crippen molar-refractivity contribution in [2.24, 2.45) is 0 Å². The predicted octanol–water partition coefficient (Wildman–Crippen LogP) is 2.33. The van der Waals surface area contributed by atoms with E-state index in [-0.39, 0.29) is 11.9 Å². The molecule has 0 saturated carbocycles. The highest BCUT2D eigenvalue weighted by Crippen LogP contribution is 2.19. The van der Waals surface area contributed by atoms with Gasteiger partial charge in [-0.25, -0.2) is 8.42 Å². The van der Waals surface area contributed by atoms with Crippen molar-refractivity contribution in [2.45, 2.75) is 24.8 Å². The minimum atomic E-state index is -3.49. The minimum absolute atomic E-state index is 0.0870. The Bertz CT molecular complexity index is 874. The Labute approximate surface area is 160 Å². The van der Waals surface area contributed by atoms with Crippen LogP contribution in [-0.4, -0.2) is 55.8 Å². The molecule has 1 heterocycles. The average Bonchev–Trinajstić information content (AvgIpc) is 2.68. The molecule has 7 heteroatoms. The first-order valence-corrected chi connectivity index (χ1v) is 10.5. The van der Waals surface area contributed by atoms with Gasteiger partial charge < -0.3 is 5.32 Å². The Kier molecular flexibility index (Phi) is 5.94. The molecule has 3 rings (SSSR count). The molecule has 1 fully saturated rings. The number of carbonyl (C=O) groups is 1. The Morgan fingerprint density at radius 1 is 0.963 bits per heavy atom. The second-order valence-corrected chi connectivity index (χ2v) is 8.72. The summed E-state index contributed by atoms with van der Waals surface area (Å²) in [5.41, 5.74) is 1.78. The molecular weight excluding hydrogens is 362 g/mol. The van der Waals surface area contributed by atoms with Crippen LogP contribution >= 0.6 is 0 Å². The lowest BCUT2D eigenvalue weighted by atomic mass is 10.2. The number of piperazine rings is 1. The number of benzene rings is 2. The maximum Gasteiger partial charge on any atom is 0.243 e. The summed E-state index contributed by atoms with van der Waals surface area (Å²) < 4.78 is 27.1. The highest BCUT2D eigenvalue weighted by atomic mass is 32.2. The Balaban J connectivity index is 1.59. The lowest BCUT2D eigenvalue weighted by Crippen LogP contribution is -2.53. The quantitative estimate of drug-likeness (QED) is 0.855. The van der Waals surface area contributed by atoms with E-state index in [1.54, 1.807) is 24.3 Å². The molecule has 2 aromatic carbocycles. The third-order valence-corrected chi connectivity index (χ3v) is 6.81. The lowest BCUT2D eigenvalue weighted by molar-refractivity contribution is -0.121. The Hall–Kier alpha value is -2.22. The molecule has 1 saturated heterocycles. The van der Waals surface area contributed by atoms with Crippen molar-refractivity contribution in [3.8, 4) is 0 Å². The van der Waals surface area contributed by atoms with Crippen LogP contribution in [0.15, 0.2) is 59.5 Å². The van der Waals surface area contributed by atoms with Crippen LogP contribution in [0, 0.1) is 6.92 Å². The second-order valence-electron chi connectivity index (χ2n) is 6.78. The normalized spacial score (nSPS) is 17.4. The molecule has 6 nitrogen and oxygen atoms in total. The van der Waals surface area contributed by atoms with Gasteiger partial charge in [-0.05, 0) is 38.1 Å². The van der Waals surface area contributed by atoms with Gasteiger partial charge in [0.2, 0.25) is 15.9 Å². The monoisotopic (exact) mass is 387 g/mol. The highest BCUT2D eigenvalue weighted by molar-refractivity contribution is 7.89. The zero-order chi connectivity index (χ0) is 19.4. The van der Waals surface area contributed by atoms with Crippen LogP contribution in [0.25, 0.3) is 0 Å². The van der Waals surface area contributed by atoms with Crippen molar-refractivity contribution in [1.82, 2.24) is 9.21 Å². The molecule has 1 aliphatic heterocycles. The van der Waals surface area contributed by atoms with Crippen LogP contribution in [0.1, 0.15) is 12.5 Å². The SMILES string of the molecule is Cc1ccc(S(=O)(=O)N2CCN([C@H](C)C(=O)Nc3ccccc3)CC2)cc1. The number of para-hydroxylation sites is 1. The number of aryl methyl sites for hydroxylation is 1. The van der Waals surface area contributed by atoms with E-state index in [4.69, 9.17) is 0 Å². The molecule has 27 heavy (non-hydrogen) atoms. The summed E-state index contributed by atoms with van der Waals surface area (Å²) in [4.78, 5) is 14.8. The molecule has 0 aromatic heterocycles.